The second-order valence-corrected chi connectivity index (χ2v) is 5.41. The zero-order valence-corrected chi connectivity index (χ0v) is 10.6. The van der Waals surface area contributed by atoms with Crippen molar-refractivity contribution in [3.8, 4) is 0 Å². The highest BCUT2D eigenvalue weighted by Gasteiger charge is 2.14. The lowest BCUT2D eigenvalue weighted by Crippen LogP contribution is -2.13. The maximum Gasteiger partial charge on any atom is 0.150 e. The van der Waals surface area contributed by atoms with E-state index in [-0.39, 0.29) is 0 Å². The minimum absolute atomic E-state index is 0.770. The maximum atomic E-state index is 10.9. The summed E-state index contributed by atoms with van der Waals surface area (Å²) < 4.78 is 2.32. The molecule has 1 heterocycles. The fraction of sp³-hybridized carbons (Fsp3) is 0.438. The maximum absolute atomic E-state index is 10.9. The molecule has 0 saturated heterocycles. The molecule has 0 N–H and O–H groups in total. The molecule has 0 aliphatic heterocycles. The first-order valence-corrected chi connectivity index (χ1v) is 6.91. The minimum Gasteiger partial charge on any atom is -0.347 e. The number of fused-ring (bicyclic) bond motifs is 1. The standard InChI is InChI=1S/C16H19NO/c18-12-14-6-7-15-8-9-17(16(15)10-14)11-13-4-2-1-3-5-13/h6-10,12-13H,1-5,11H2. The molecule has 0 radical (unpaired) electrons. The number of hydrogen-bond donors (Lipinski definition) is 0. The van der Waals surface area contributed by atoms with Gasteiger partial charge in [-0.05, 0) is 36.3 Å². The summed E-state index contributed by atoms with van der Waals surface area (Å²) in [5.74, 6) is 0.814. The lowest BCUT2D eigenvalue weighted by Gasteiger charge is -2.22. The van der Waals surface area contributed by atoms with Crippen LogP contribution in [-0.4, -0.2) is 10.9 Å². The molecule has 1 aliphatic rings. The van der Waals surface area contributed by atoms with Gasteiger partial charge in [-0.3, -0.25) is 4.79 Å². The molecular formula is C16H19NO. The van der Waals surface area contributed by atoms with Crippen molar-refractivity contribution in [2.45, 2.75) is 38.6 Å². The fourth-order valence-corrected chi connectivity index (χ4v) is 3.08. The van der Waals surface area contributed by atoms with Crippen molar-refractivity contribution in [1.82, 2.24) is 4.57 Å². The van der Waals surface area contributed by atoms with Crippen LogP contribution >= 0.6 is 0 Å². The van der Waals surface area contributed by atoms with E-state index in [2.05, 4.69) is 16.8 Å². The summed E-state index contributed by atoms with van der Waals surface area (Å²) >= 11 is 0. The van der Waals surface area contributed by atoms with Gasteiger partial charge in [0.15, 0.2) is 0 Å². The van der Waals surface area contributed by atoms with Crippen LogP contribution < -0.4 is 0 Å². The quantitative estimate of drug-likeness (QED) is 0.743. The summed E-state index contributed by atoms with van der Waals surface area (Å²) in [6.45, 7) is 1.10. The van der Waals surface area contributed by atoms with Crippen molar-refractivity contribution in [2.24, 2.45) is 5.92 Å². The Kier molecular flexibility index (Phi) is 3.18. The Morgan fingerprint density at radius 1 is 1.17 bits per heavy atom. The lowest BCUT2D eigenvalue weighted by molar-refractivity contribution is 0.112. The molecule has 94 valence electrons. The van der Waals surface area contributed by atoms with Crippen molar-refractivity contribution in [2.75, 3.05) is 0 Å². The van der Waals surface area contributed by atoms with Crippen LogP contribution in [0.1, 0.15) is 42.5 Å². The summed E-state index contributed by atoms with van der Waals surface area (Å²) in [6, 6.07) is 8.08. The van der Waals surface area contributed by atoms with Crippen LogP contribution in [0, 0.1) is 5.92 Å². The lowest BCUT2D eigenvalue weighted by atomic mass is 9.89. The van der Waals surface area contributed by atoms with E-state index in [0.29, 0.717) is 0 Å². The van der Waals surface area contributed by atoms with Gasteiger partial charge in [0.05, 0.1) is 0 Å². The Bertz CT molecular complexity index is 549. The van der Waals surface area contributed by atoms with Gasteiger partial charge in [-0.25, -0.2) is 0 Å². The Morgan fingerprint density at radius 3 is 2.78 bits per heavy atom. The van der Waals surface area contributed by atoms with Crippen LogP contribution in [0.25, 0.3) is 10.9 Å². The number of benzene rings is 1. The van der Waals surface area contributed by atoms with Crippen LogP contribution in [0.4, 0.5) is 0 Å². The highest BCUT2D eigenvalue weighted by atomic mass is 16.1. The summed E-state index contributed by atoms with van der Waals surface area (Å²) in [7, 11) is 0. The number of carbonyl (C=O) groups is 1. The molecule has 1 aromatic heterocycles. The fourth-order valence-electron chi connectivity index (χ4n) is 3.08. The van der Waals surface area contributed by atoms with Crippen molar-refractivity contribution in [3.63, 3.8) is 0 Å². The largest absolute Gasteiger partial charge is 0.347 e. The Morgan fingerprint density at radius 2 is 2.00 bits per heavy atom. The van der Waals surface area contributed by atoms with Gasteiger partial charge in [0.2, 0.25) is 0 Å². The van der Waals surface area contributed by atoms with Gasteiger partial charge in [-0.15, -0.1) is 0 Å². The smallest absolute Gasteiger partial charge is 0.150 e. The summed E-state index contributed by atoms with van der Waals surface area (Å²) in [5.41, 5.74) is 1.97. The van der Waals surface area contributed by atoms with Crippen LogP contribution in [-0.2, 0) is 6.54 Å². The van der Waals surface area contributed by atoms with E-state index in [0.717, 1.165) is 24.3 Å². The van der Waals surface area contributed by atoms with Gasteiger partial charge in [-0.2, -0.15) is 0 Å². The normalized spacial score (nSPS) is 17.1. The van der Waals surface area contributed by atoms with Gasteiger partial charge in [0.25, 0.3) is 0 Å². The first kappa shape index (κ1) is 11.5. The second-order valence-electron chi connectivity index (χ2n) is 5.41. The first-order chi connectivity index (χ1) is 8.86. The summed E-state index contributed by atoms with van der Waals surface area (Å²) in [5, 5.41) is 1.23. The van der Waals surface area contributed by atoms with Gasteiger partial charge in [-0.1, -0.05) is 31.4 Å². The Labute approximate surface area is 108 Å². The zero-order chi connectivity index (χ0) is 12.4. The van der Waals surface area contributed by atoms with Crippen molar-refractivity contribution < 1.29 is 4.79 Å². The molecule has 2 nitrogen and oxygen atoms in total. The molecule has 3 rings (SSSR count). The number of carbonyl (C=O) groups excluding carboxylic acids is 1. The molecule has 1 fully saturated rings. The number of aldehydes is 1. The number of hydrogen-bond acceptors (Lipinski definition) is 1. The monoisotopic (exact) mass is 241 g/mol. The SMILES string of the molecule is O=Cc1ccc2ccn(CC3CCCCC3)c2c1. The summed E-state index contributed by atoms with van der Waals surface area (Å²) in [6.07, 6.45) is 9.95. The molecule has 0 bridgehead atoms. The second kappa shape index (κ2) is 4.97. The molecule has 1 aromatic carbocycles. The van der Waals surface area contributed by atoms with Crippen molar-refractivity contribution in [3.05, 3.63) is 36.0 Å². The molecule has 1 saturated carbocycles. The van der Waals surface area contributed by atoms with Crippen LogP contribution in [0.5, 0.6) is 0 Å². The minimum atomic E-state index is 0.770. The van der Waals surface area contributed by atoms with E-state index in [1.165, 1.54) is 43.0 Å². The number of rotatable bonds is 3. The average molecular weight is 241 g/mol. The molecule has 0 amide bonds. The predicted octanol–water partition coefficient (Wildman–Crippen LogP) is 4.03. The molecule has 18 heavy (non-hydrogen) atoms. The summed E-state index contributed by atoms with van der Waals surface area (Å²) in [4.78, 5) is 10.9. The third-order valence-corrected chi connectivity index (χ3v) is 4.11. The van der Waals surface area contributed by atoms with Gasteiger partial charge < -0.3 is 4.57 Å². The molecule has 0 atom stereocenters. The molecule has 2 heteroatoms. The van der Waals surface area contributed by atoms with E-state index < -0.39 is 0 Å². The van der Waals surface area contributed by atoms with E-state index in [1.807, 2.05) is 18.2 Å². The highest BCUT2D eigenvalue weighted by Crippen LogP contribution is 2.27. The number of aromatic nitrogens is 1. The van der Waals surface area contributed by atoms with Crippen LogP contribution in [0.2, 0.25) is 0 Å². The van der Waals surface area contributed by atoms with Crippen molar-refractivity contribution in [1.29, 1.82) is 0 Å². The first-order valence-electron chi connectivity index (χ1n) is 6.91. The molecule has 0 spiro atoms. The molecule has 2 aromatic rings. The predicted molar refractivity (Wildman–Crippen MR) is 73.9 cm³/mol. The van der Waals surface area contributed by atoms with Crippen LogP contribution in [0.15, 0.2) is 30.5 Å². The molecular weight excluding hydrogens is 222 g/mol. The third-order valence-electron chi connectivity index (χ3n) is 4.11. The Hall–Kier alpha value is -1.57. The molecule has 1 aliphatic carbocycles. The van der Waals surface area contributed by atoms with Crippen LogP contribution in [0.3, 0.4) is 0 Å². The van der Waals surface area contributed by atoms with E-state index in [1.54, 1.807) is 0 Å². The van der Waals surface area contributed by atoms with E-state index in [9.17, 15) is 4.79 Å². The van der Waals surface area contributed by atoms with E-state index >= 15 is 0 Å². The average Bonchev–Trinajstić information content (AvgIpc) is 2.82. The zero-order valence-electron chi connectivity index (χ0n) is 10.6. The topological polar surface area (TPSA) is 22.0 Å². The van der Waals surface area contributed by atoms with Crippen molar-refractivity contribution >= 4 is 17.2 Å². The van der Waals surface area contributed by atoms with E-state index in [4.69, 9.17) is 0 Å². The van der Waals surface area contributed by atoms with Gasteiger partial charge >= 0.3 is 0 Å². The number of nitrogens with zero attached hydrogens (tertiary/aromatic N) is 1. The highest BCUT2D eigenvalue weighted by molar-refractivity contribution is 5.87. The third kappa shape index (κ3) is 2.20. The molecule has 0 unspecified atom stereocenters. The van der Waals surface area contributed by atoms with Gasteiger partial charge in [0.1, 0.15) is 6.29 Å². The van der Waals surface area contributed by atoms with Gasteiger partial charge in [0, 0.05) is 23.8 Å². The Balaban J connectivity index is 1.88.